The van der Waals surface area contributed by atoms with Crippen LogP contribution in [0.2, 0.25) is 0 Å². The Bertz CT molecular complexity index is 423. The Morgan fingerprint density at radius 1 is 1.33 bits per heavy atom. The van der Waals surface area contributed by atoms with E-state index < -0.39 is 0 Å². The number of halogens is 1. The van der Waals surface area contributed by atoms with Gasteiger partial charge < -0.3 is 14.8 Å². The molecule has 0 amide bonds. The lowest BCUT2D eigenvalue weighted by atomic mass is 10.0. The SMILES string of the molecule is COC(=O)C(C)C(C)Nc1ccc(Br)c(OC)c1. The van der Waals surface area contributed by atoms with Crippen molar-refractivity contribution in [3.05, 3.63) is 22.7 Å². The van der Waals surface area contributed by atoms with E-state index in [2.05, 4.69) is 21.2 Å². The first kappa shape index (κ1) is 14.8. The molecule has 0 saturated heterocycles. The molecule has 4 nitrogen and oxygen atoms in total. The van der Waals surface area contributed by atoms with Crippen LogP contribution in [-0.4, -0.2) is 26.2 Å². The monoisotopic (exact) mass is 315 g/mol. The van der Waals surface area contributed by atoms with Crippen LogP contribution in [0.15, 0.2) is 22.7 Å². The molecule has 1 N–H and O–H groups in total. The van der Waals surface area contributed by atoms with Crippen molar-refractivity contribution in [3.8, 4) is 5.75 Å². The lowest BCUT2D eigenvalue weighted by Crippen LogP contribution is -2.30. The van der Waals surface area contributed by atoms with Gasteiger partial charge in [-0.25, -0.2) is 0 Å². The summed E-state index contributed by atoms with van der Waals surface area (Å²) in [7, 11) is 3.01. The molecule has 18 heavy (non-hydrogen) atoms. The van der Waals surface area contributed by atoms with Crippen molar-refractivity contribution < 1.29 is 14.3 Å². The Balaban J connectivity index is 2.75. The third kappa shape index (κ3) is 3.63. The minimum atomic E-state index is -0.223. The lowest BCUT2D eigenvalue weighted by Gasteiger charge is -2.20. The second-order valence-corrected chi connectivity index (χ2v) is 4.95. The maximum absolute atomic E-state index is 11.4. The van der Waals surface area contributed by atoms with Crippen LogP contribution < -0.4 is 10.1 Å². The summed E-state index contributed by atoms with van der Waals surface area (Å²) in [6.45, 7) is 3.77. The molecule has 1 aromatic rings. The van der Waals surface area contributed by atoms with Crippen LogP contribution >= 0.6 is 15.9 Å². The van der Waals surface area contributed by atoms with Crippen LogP contribution in [0.5, 0.6) is 5.75 Å². The number of anilines is 1. The minimum Gasteiger partial charge on any atom is -0.495 e. The molecule has 2 atom stereocenters. The van der Waals surface area contributed by atoms with Crippen LogP contribution in [0, 0.1) is 5.92 Å². The van der Waals surface area contributed by atoms with E-state index in [0.29, 0.717) is 0 Å². The summed E-state index contributed by atoms with van der Waals surface area (Å²) in [6, 6.07) is 5.68. The molecule has 0 aliphatic heterocycles. The molecular weight excluding hydrogens is 298 g/mol. The van der Waals surface area contributed by atoms with Crippen LogP contribution in [-0.2, 0) is 9.53 Å². The second kappa shape index (κ2) is 6.64. The minimum absolute atomic E-state index is 0.0247. The van der Waals surface area contributed by atoms with Gasteiger partial charge in [0.1, 0.15) is 5.75 Å². The topological polar surface area (TPSA) is 47.6 Å². The highest BCUT2D eigenvalue weighted by molar-refractivity contribution is 9.10. The number of benzene rings is 1. The Morgan fingerprint density at radius 2 is 2.00 bits per heavy atom. The quantitative estimate of drug-likeness (QED) is 0.848. The Hall–Kier alpha value is -1.23. The average Bonchev–Trinajstić information content (AvgIpc) is 2.38. The molecule has 0 radical (unpaired) electrons. The van der Waals surface area contributed by atoms with Gasteiger partial charge in [0.2, 0.25) is 0 Å². The zero-order chi connectivity index (χ0) is 13.7. The van der Waals surface area contributed by atoms with E-state index in [4.69, 9.17) is 9.47 Å². The molecule has 0 aliphatic carbocycles. The molecular formula is C13H18BrNO3. The maximum Gasteiger partial charge on any atom is 0.310 e. The van der Waals surface area contributed by atoms with E-state index in [0.717, 1.165) is 15.9 Å². The zero-order valence-corrected chi connectivity index (χ0v) is 12.6. The Kier molecular flexibility index (Phi) is 5.47. The van der Waals surface area contributed by atoms with E-state index in [1.807, 2.05) is 32.0 Å². The van der Waals surface area contributed by atoms with Gasteiger partial charge in [-0.1, -0.05) is 0 Å². The number of nitrogens with one attached hydrogen (secondary N) is 1. The number of esters is 1. The molecule has 0 aromatic heterocycles. The molecule has 0 fully saturated rings. The van der Waals surface area contributed by atoms with Crippen LogP contribution in [0.3, 0.4) is 0 Å². The summed E-state index contributed by atoms with van der Waals surface area (Å²) in [5.41, 5.74) is 0.901. The van der Waals surface area contributed by atoms with Gasteiger partial charge in [-0.2, -0.15) is 0 Å². The van der Waals surface area contributed by atoms with E-state index in [1.165, 1.54) is 7.11 Å². The van der Waals surface area contributed by atoms with E-state index in [-0.39, 0.29) is 17.9 Å². The summed E-state index contributed by atoms with van der Waals surface area (Å²) >= 11 is 3.39. The summed E-state index contributed by atoms with van der Waals surface area (Å²) in [5.74, 6) is 0.307. The number of carbonyl (C=O) groups excluding carboxylic acids is 1. The van der Waals surface area contributed by atoms with Crippen molar-refractivity contribution >= 4 is 27.6 Å². The van der Waals surface area contributed by atoms with E-state index >= 15 is 0 Å². The first-order valence-electron chi connectivity index (χ1n) is 5.67. The number of hydrogen-bond donors (Lipinski definition) is 1. The Morgan fingerprint density at radius 3 is 2.56 bits per heavy atom. The molecule has 0 saturated carbocycles. The van der Waals surface area contributed by atoms with Crippen molar-refractivity contribution in [2.75, 3.05) is 19.5 Å². The lowest BCUT2D eigenvalue weighted by molar-refractivity contribution is -0.145. The highest BCUT2D eigenvalue weighted by Crippen LogP contribution is 2.28. The Labute approximate surface area is 116 Å². The van der Waals surface area contributed by atoms with Gasteiger partial charge >= 0.3 is 5.97 Å². The highest BCUT2D eigenvalue weighted by atomic mass is 79.9. The first-order valence-corrected chi connectivity index (χ1v) is 6.46. The highest BCUT2D eigenvalue weighted by Gasteiger charge is 2.20. The number of carbonyl (C=O) groups is 1. The summed E-state index contributed by atoms with van der Waals surface area (Å²) in [4.78, 5) is 11.4. The molecule has 2 unspecified atom stereocenters. The predicted octanol–water partition coefficient (Wildman–Crippen LogP) is 3.07. The maximum atomic E-state index is 11.4. The molecule has 1 aromatic carbocycles. The average molecular weight is 316 g/mol. The van der Waals surface area contributed by atoms with Crippen molar-refractivity contribution in [2.45, 2.75) is 19.9 Å². The fraction of sp³-hybridized carbons (Fsp3) is 0.462. The summed E-state index contributed by atoms with van der Waals surface area (Å²) in [6.07, 6.45) is 0. The molecule has 1 rings (SSSR count). The fourth-order valence-electron chi connectivity index (χ4n) is 1.53. The normalized spacial score (nSPS) is 13.6. The van der Waals surface area contributed by atoms with Gasteiger partial charge in [0.15, 0.2) is 0 Å². The van der Waals surface area contributed by atoms with Crippen molar-refractivity contribution in [1.82, 2.24) is 0 Å². The van der Waals surface area contributed by atoms with Crippen molar-refractivity contribution in [2.24, 2.45) is 5.92 Å². The number of rotatable bonds is 5. The van der Waals surface area contributed by atoms with E-state index in [9.17, 15) is 4.79 Å². The predicted molar refractivity (Wildman–Crippen MR) is 75.0 cm³/mol. The summed E-state index contributed by atoms with van der Waals surface area (Å²) in [5, 5.41) is 3.26. The number of hydrogen-bond acceptors (Lipinski definition) is 4. The van der Waals surface area contributed by atoms with Gasteiger partial charge in [-0.15, -0.1) is 0 Å². The summed E-state index contributed by atoms with van der Waals surface area (Å²) < 4.78 is 10.8. The van der Waals surface area contributed by atoms with E-state index in [1.54, 1.807) is 7.11 Å². The van der Waals surface area contributed by atoms with Crippen LogP contribution in [0.4, 0.5) is 5.69 Å². The standard InChI is InChI=1S/C13H18BrNO3/c1-8(13(16)18-4)9(2)15-10-5-6-11(14)12(7-10)17-3/h5-9,15H,1-4H3. The molecule has 100 valence electrons. The van der Waals surface area contributed by atoms with Gasteiger partial charge in [-0.05, 0) is 41.9 Å². The first-order chi connectivity index (χ1) is 8.49. The fourth-order valence-corrected chi connectivity index (χ4v) is 1.94. The third-order valence-corrected chi connectivity index (χ3v) is 3.52. The van der Waals surface area contributed by atoms with Gasteiger partial charge in [-0.3, -0.25) is 4.79 Å². The van der Waals surface area contributed by atoms with Crippen molar-refractivity contribution in [1.29, 1.82) is 0 Å². The smallest absolute Gasteiger partial charge is 0.310 e. The van der Waals surface area contributed by atoms with Gasteiger partial charge in [0.25, 0.3) is 0 Å². The van der Waals surface area contributed by atoms with Gasteiger partial charge in [0.05, 0.1) is 24.6 Å². The molecule has 0 bridgehead atoms. The molecule has 0 spiro atoms. The number of ether oxygens (including phenoxy) is 2. The largest absolute Gasteiger partial charge is 0.495 e. The number of methoxy groups -OCH3 is 2. The van der Waals surface area contributed by atoms with Gasteiger partial charge in [0, 0.05) is 17.8 Å². The van der Waals surface area contributed by atoms with Crippen molar-refractivity contribution in [3.63, 3.8) is 0 Å². The molecule has 0 heterocycles. The molecule has 0 aliphatic rings. The van der Waals surface area contributed by atoms with Crippen LogP contribution in [0.1, 0.15) is 13.8 Å². The second-order valence-electron chi connectivity index (χ2n) is 4.09. The van der Waals surface area contributed by atoms with Crippen LogP contribution in [0.25, 0.3) is 0 Å². The molecule has 5 heteroatoms. The zero-order valence-electron chi connectivity index (χ0n) is 11.0. The third-order valence-electron chi connectivity index (χ3n) is 2.87.